The summed E-state index contributed by atoms with van der Waals surface area (Å²) in [7, 11) is 0. The fraction of sp³-hybridized carbons (Fsp3) is 0.222. The van der Waals surface area contributed by atoms with Gasteiger partial charge in [0.1, 0.15) is 5.82 Å². The van der Waals surface area contributed by atoms with Crippen molar-refractivity contribution in [2.75, 3.05) is 5.33 Å². The van der Waals surface area contributed by atoms with E-state index in [9.17, 15) is 22.4 Å². The van der Waals surface area contributed by atoms with Crippen LogP contribution < -0.4 is 0 Å². The van der Waals surface area contributed by atoms with Gasteiger partial charge >= 0.3 is 6.18 Å². The summed E-state index contributed by atoms with van der Waals surface area (Å²) >= 11 is 5.55. The molecule has 0 aliphatic carbocycles. The molecule has 0 fully saturated rings. The van der Waals surface area contributed by atoms with Crippen molar-refractivity contribution in [1.82, 2.24) is 0 Å². The number of benzene rings is 1. The van der Waals surface area contributed by atoms with E-state index in [1.54, 1.807) is 0 Å². The Labute approximate surface area is 105 Å². The summed E-state index contributed by atoms with van der Waals surface area (Å²) < 4.78 is 49.9. The van der Waals surface area contributed by atoms with Gasteiger partial charge < -0.3 is 0 Å². The molecule has 1 nitrogen and oxygen atoms in total. The average Bonchev–Trinajstić information content (AvgIpc) is 2.19. The highest BCUT2D eigenvalue weighted by molar-refractivity contribution is 9.10. The molecule has 0 heterocycles. The fourth-order valence-corrected chi connectivity index (χ4v) is 1.78. The quantitative estimate of drug-likeness (QED) is 0.437. The van der Waals surface area contributed by atoms with Crippen LogP contribution in [0, 0.1) is 5.82 Å². The molecule has 0 amide bonds. The average molecular weight is 364 g/mol. The Morgan fingerprint density at radius 1 is 1.31 bits per heavy atom. The number of halogens is 6. The van der Waals surface area contributed by atoms with E-state index in [1.807, 2.05) is 0 Å². The van der Waals surface area contributed by atoms with Crippen LogP contribution in [0.5, 0.6) is 0 Å². The van der Waals surface area contributed by atoms with Crippen LogP contribution in [0.4, 0.5) is 17.6 Å². The van der Waals surface area contributed by atoms with Crippen LogP contribution in [-0.4, -0.2) is 11.1 Å². The summed E-state index contributed by atoms with van der Waals surface area (Å²) in [6, 6.07) is 0.964. The zero-order valence-corrected chi connectivity index (χ0v) is 10.7. The number of hydrogen-bond acceptors (Lipinski definition) is 1. The Hall–Kier alpha value is -0.430. The molecular formula is C9H4Br2F4O. The first-order valence-electron chi connectivity index (χ1n) is 3.92. The minimum absolute atomic E-state index is 0.174. The Balaban J connectivity index is 3.39. The summed E-state index contributed by atoms with van der Waals surface area (Å²) in [6.45, 7) is 0. The molecule has 0 bridgehead atoms. The van der Waals surface area contributed by atoms with Crippen LogP contribution in [0.15, 0.2) is 16.6 Å². The zero-order valence-electron chi connectivity index (χ0n) is 7.54. The maximum atomic E-state index is 13.2. The summed E-state index contributed by atoms with van der Waals surface area (Å²) in [4.78, 5) is 11.3. The van der Waals surface area contributed by atoms with Gasteiger partial charge in [0.2, 0.25) is 0 Å². The lowest BCUT2D eigenvalue weighted by Gasteiger charge is -2.10. The number of carbonyl (C=O) groups excluding carboxylic acids is 1. The summed E-state index contributed by atoms with van der Waals surface area (Å²) in [5.74, 6) is -1.74. The lowest BCUT2D eigenvalue weighted by atomic mass is 10.1. The van der Waals surface area contributed by atoms with Crippen molar-refractivity contribution in [3.63, 3.8) is 0 Å². The van der Waals surface area contributed by atoms with E-state index in [4.69, 9.17) is 0 Å². The SMILES string of the molecule is O=C(CBr)c1cc(C(F)(F)F)cc(F)c1Br. The first-order chi connectivity index (χ1) is 7.27. The van der Waals surface area contributed by atoms with E-state index in [0.717, 1.165) is 0 Å². The fourth-order valence-electron chi connectivity index (χ4n) is 1.03. The normalized spacial score (nSPS) is 11.6. The molecule has 0 saturated heterocycles. The highest BCUT2D eigenvalue weighted by Gasteiger charge is 2.32. The number of hydrogen-bond donors (Lipinski definition) is 0. The van der Waals surface area contributed by atoms with E-state index < -0.39 is 23.3 Å². The van der Waals surface area contributed by atoms with Crippen LogP contribution in [0.25, 0.3) is 0 Å². The lowest BCUT2D eigenvalue weighted by molar-refractivity contribution is -0.137. The molecule has 0 N–H and O–H groups in total. The van der Waals surface area contributed by atoms with E-state index >= 15 is 0 Å². The standard InChI is InChI=1S/C9H4Br2F4O/c10-3-7(16)5-1-4(9(13,14)15)2-6(12)8(5)11/h1-2H,3H2. The maximum Gasteiger partial charge on any atom is 0.416 e. The summed E-state index contributed by atoms with van der Waals surface area (Å²) in [5.41, 5.74) is -1.51. The molecule has 1 aromatic rings. The predicted octanol–water partition coefficient (Wildman–Crippen LogP) is 4.18. The van der Waals surface area contributed by atoms with Gasteiger partial charge in [-0.05, 0) is 28.1 Å². The van der Waals surface area contributed by atoms with Crippen LogP contribution >= 0.6 is 31.9 Å². The molecule has 0 atom stereocenters. The molecule has 1 rings (SSSR count). The first kappa shape index (κ1) is 13.6. The van der Waals surface area contributed by atoms with Gasteiger partial charge in [0.15, 0.2) is 5.78 Å². The van der Waals surface area contributed by atoms with Crippen molar-refractivity contribution >= 4 is 37.6 Å². The van der Waals surface area contributed by atoms with Crippen molar-refractivity contribution in [1.29, 1.82) is 0 Å². The van der Waals surface area contributed by atoms with Crippen molar-refractivity contribution in [2.45, 2.75) is 6.18 Å². The molecule has 0 radical (unpaired) electrons. The van der Waals surface area contributed by atoms with Crippen LogP contribution in [-0.2, 0) is 6.18 Å². The number of alkyl halides is 4. The highest BCUT2D eigenvalue weighted by Crippen LogP contribution is 2.33. The molecule has 7 heteroatoms. The lowest BCUT2D eigenvalue weighted by Crippen LogP contribution is -2.10. The first-order valence-corrected chi connectivity index (χ1v) is 5.84. The van der Waals surface area contributed by atoms with E-state index in [2.05, 4.69) is 31.9 Å². The third-order valence-electron chi connectivity index (χ3n) is 1.78. The molecule has 0 saturated carbocycles. The summed E-state index contributed by atoms with van der Waals surface area (Å²) in [6.07, 6.45) is -4.68. The smallest absolute Gasteiger partial charge is 0.293 e. The van der Waals surface area contributed by atoms with Gasteiger partial charge in [-0.15, -0.1) is 0 Å². The van der Waals surface area contributed by atoms with Gasteiger partial charge in [-0.2, -0.15) is 13.2 Å². The number of carbonyl (C=O) groups is 1. The molecular weight excluding hydrogens is 360 g/mol. The van der Waals surface area contributed by atoms with Crippen LogP contribution in [0.1, 0.15) is 15.9 Å². The largest absolute Gasteiger partial charge is 0.416 e. The predicted molar refractivity (Wildman–Crippen MR) is 57.2 cm³/mol. The van der Waals surface area contributed by atoms with E-state index in [1.165, 1.54) is 0 Å². The summed E-state index contributed by atoms with van der Waals surface area (Å²) in [5, 5.41) is -0.174. The molecule has 0 unspecified atom stereocenters. The third kappa shape index (κ3) is 2.82. The van der Waals surface area contributed by atoms with Gasteiger partial charge in [0.05, 0.1) is 15.4 Å². The number of ketones is 1. The van der Waals surface area contributed by atoms with Crippen LogP contribution in [0.2, 0.25) is 0 Å². The molecule has 1 aromatic carbocycles. The Kier molecular flexibility index (Phi) is 4.12. The Bertz CT molecular complexity index is 428. The van der Waals surface area contributed by atoms with Gasteiger partial charge in [-0.1, -0.05) is 15.9 Å². The van der Waals surface area contributed by atoms with Crippen molar-refractivity contribution in [2.24, 2.45) is 0 Å². The second kappa shape index (κ2) is 4.83. The van der Waals surface area contributed by atoms with Crippen LogP contribution in [0.3, 0.4) is 0 Å². The molecule has 0 aromatic heterocycles. The Morgan fingerprint density at radius 3 is 2.31 bits per heavy atom. The second-order valence-corrected chi connectivity index (χ2v) is 4.23. The zero-order chi connectivity index (χ0) is 12.5. The van der Waals surface area contributed by atoms with Gasteiger partial charge in [-0.3, -0.25) is 4.79 Å². The minimum Gasteiger partial charge on any atom is -0.293 e. The number of rotatable bonds is 2. The topological polar surface area (TPSA) is 17.1 Å². The molecule has 0 aliphatic heterocycles. The van der Waals surface area contributed by atoms with Gasteiger partial charge in [0.25, 0.3) is 0 Å². The van der Waals surface area contributed by atoms with Gasteiger partial charge in [0, 0.05) is 5.56 Å². The molecule has 16 heavy (non-hydrogen) atoms. The van der Waals surface area contributed by atoms with E-state index in [-0.39, 0.29) is 15.4 Å². The highest BCUT2D eigenvalue weighted by atomic mass is 79.9. The van der Waals surface area contributed by atoms with Crippen molar-refractivity contribution < 1.29 is 22.4 Å². The van der Waals surface area contributed by atoms with Crippen molar-refractivity contribution in [3.8, 4) is 0 Å². The monoisotopic (exact) mass is 362 g/mol. The second-order valence-electron chi connectivity index (χ2n) is 2.87. The van der Waals surface area contributed by atoms with Gasteiger partial charge in [-0.25, -0.2) is 4.39 Å². The maximum absolute atomic E-state index is 13.2. The van der Waals surface area contributed by atoms with Crippen molar-refractivity contribution in [3.05, 3.63) is 33.5 Å². The third-order valence-corrected chi connectivity index (χ3v) is 3.09. The molecule has 88 valence electrons. The Morgan fingerprint density at radius 2 is 1.88 bits per heavy atom. The minimum atomic E-state index is -4.68. The molecule has 0 spiro atoms. The number of Topliss-reactive ketones (excluding diaryl/α,β-unsaturated/α-hetero) is 1. The molecule has 0 aliphatic rings. The van der Waals surface area contributed by atoms with E-state index in [0.29, 0.717) is 12.1 Å².